The molecule has 6 nitrogen and oxygen atoms in total. The summed E-state index contributed by atoms with van der Waals surface area (Å²) in [6.07, 6.45) is 3.30. The van der Waals surface area contributed by atoms with Crippen molar-refractivity contribution in [1.29, 1.82) is 0 Å². The normalized spacial score (nSPS) is 20.2. The summed E-state index contributed by atoms with van der Waals surface area (Å²) in [6.45, 7) is 9.18. The minimum atomic E-state index is 0. The topological polar surface area (TPSA) is 66.0 Å². The zero-order valence-electron chi connectivity index (χ0n) is 18.0. The van der Waals surface area contributed by atoms with Crippen molar-refractivity contribution in [3.63, 3.8) is 0 Å². The molecule has 1 amide bonds. The molecule has 0 spiro atoms. The fourth-order valence-corrected chi connectivity index (χ4v) is 3.82. The summed E-state index contributed by atoms with van der Waals surface area (Å²) in [4.78, 5) is 19.1. The molecule has 1 atom stereocenters. The van der Waals surface area contributed by atoms with E-state index in [4.69, 9.17) is 9.73 Å². The van der Waals surface area contributed by atoms with Gasteiger partial charge in [0.2, 0.25) is 5.91 Å². The van der Waals surface area contributed by atoms with E-state index in [9.17, 15) is 4.79 Å². The number of nitrogens with zero attached hydrogens (tertiary/aromatic N) is 2. The van der Waals surface area contributed by atoms with Gasteiger partial charge >= 0.3 is 0 Å². The number of carbonyl (C=O) groups is 1. The summed E-state index contributed by atoms with van der Waals surface area (Å²) < 4.78 is 5.27. The standard InChI is InChI=1S/C22H34N4O2.HI/c1-5-23-21(25-18-10-13-26(14-18)20(27)16(2)3)24-15-22(11-12-22)17-6-8-19(28-4)9-7-17;/h6-9,16,18H,5,10-15H2,1-4H3,(H2,23,24,25);1H. The van der Waals surface area contributed by atoms with Gasteiger partial charge in [0.05, 0.1) is 13.7 Å². The molecule has 0 aromatic heterocycles. The lowest BCUT2D eigenvalue weighted by atomic mass is 9.96. The van der Waals surface area contributed by atoms with Gasteiger partial charge < -0.3 is 20.3 Å². The second-order valence-electron chi connectivity index (χ2n) is 8.27. The summed E-state index contributed by atoms with van der Waals surface area (Å²) in [6, 6.07) is 8.64. The maximum atomic E-state index is 12.2. The average molecular weight is 514 g/mol. The number of benzene rings is 1. The number of aliphatic imine (C=N–C) groups is 1. The fraction of sp³-hybridized carbons (Fsp3) is 0.636. The minimum absolute atomic E-state index is 0. The summed E-state index contributed by atoms with van der Waals surface area (Å²) in [5.41, 5.74) is 1.49. The molecule has 2 N–H and O–H groups in total. The first-order valence-electron chi connectivity index (χ1n) is 10.5. The molecule has 1 saturated heterocycles. The number of amides is 1. The van der Waals surface area contributed by atoms with E-state index in [0.717, 1.165) is 44.3 Å². The van der Waals surface area contributed by atoms with Crippen LogP contribution < -0.4 is 15.4 Å². The zero-order valence-corrected chi connectivity index (χ0v) is 20.4. The average Bonchev–Trinajstić information content (AvgIpc) is 3.36. The first-order valence-corrected chi connectivity index (χ1v) is 10.5. The minimum Gasteiger partial charge on any atom is -0.497 e. The highest BCUT2D eigenvalue weighted by molar-refractivity contribution is 14.0. The summed E-state index contributed by atoms with van der Waals surface area (Å²) >= 11 is 0. The quantitative estimate of drug-likeness (QED) is 0.334. The molecule has 1 aromatic carbocycles. The first-order chi connectivity index (χ1) is 13.5. The number of ether oxygens (including phenoxy) is 1. The Labute approximate surface area is 191 Å². The molecule has 2 fully saturated rings. The third kappa shape index (κ3) is 5.99. The highest BCUT2D eigenvalue weighted by atomic mass is 127. The molecule has 1 aliphatic heterocycles. The van der Waals surface area contributed by atoms with Crippen LogP contribution in [0.25, 0.3) is 0 Å². The van der Waals surface area contributed by atoms with Crippen molar-refractivity contribution >= 4 is 35.8 Å². The molecule has 0 radical (unpaired) electrons. The van der Waals surface area contributed by atoms with Crippen LogP contribution in [0.15, 0.2) is 29.3 Å². The van der Waals surface area contributed by atoms with Crippen LogP contribution in [0.3, 0.4) is 0 Å². The van der Waals surface area contributed by atoms with E-state index in [0.29, 0.717) is 0 Å². The molecular weight excluding hydrogens is 479 g/mol. The molecule has 1 aromatic rings. The van der Waals surface area contributed by atoms with Gasteiger partial charge in [-0.05, 0) is 43.9 Å². The molecular formula is C22H35IN4O2. The second kappa shape index (κ2) is 10.5. The van der Waals surface area contributed by atoms with Gasteiger partial charge in [-0.2, -0.15) is 0 Å². The number of halogens is 1. The molecule has 1 aliphatic carbocycles. The van der Waals surface area contributed by atoms with Crippen molar-refractivity contribution < 1.29 is 9.53 Å². The van der Waals surface area contributed by atoms with Crippen LogP contribution in [-0.2, 0) is 10.2 Å². The van der Waals surface area contributed by atoms with Crippen LogP contribution in [0.5, 0.6) is 5.75 Å². The lowest BCUT2D eigenvalue weighted by Crippen LogP contribution is -2.45. The number of nitrogens with one attached hydrogen (secondary N) is 2. The second-order valence-corrected chi connectivity index (χ2v) is 8.27. The first kappa shape index (κ1) is 23.8. The van der Waals surface area contributed by atoms with Gasteiger partial charge in [0.15, 0.2) is 5.96 Å². The van der Waals surface area contributed by atoms with Crippen molar-refractivity contribution in [2.45, 2.75) is 51.5 Å². The number of likely N-dealkylation sites (tertiary alicyclic amines) is 1. The third-order valence-electron chi connectivity index (χ3n) is 5.77. The van der Waals surface area contributed by atoms with Gasteiger partial charge in [-0.25, -0.2) is 0 Å². The Kier molecular flexibility index (Phi) is 8.60. The summed E-state index contributed by atoms with van der Waals surface area (Å²) in [5.74, 6) is 2.04. The number of hydrogen-bond donors (Lipinski definition) is 2. The van der Waals surface area contributed by atoms with E-state index in [1.165, 1.54) is 18.4 Å². The molecule has 0 bridgehead atoms. The molecule has 29 heavy (non-hydrogen) atoms. The van der Waals surface area contributed by atoms with E-state index < -0.39 is 0 Å². The molecule has 162 valence electrons. The maximum Gasteiger partial charge on any atom is 0.225 e. The molecule has 2 aliphatic rings. The maximum absolute atomic E-state index is 12.2. The number of carbonyl (C=O) groups excluding carboxylic acids is 1. The monoisotopic (exact) mass is 514 g/mol. The summed E-state index contributed by atoms with van der Waals surface area (Å²) in [5, 5.41) is 6.90. The van der Waals surface area contributed by atoms with E-state index in [1.807, 2.05) is 30.9 Å². The van der Waals surface area contributed by atoms with Crippen LogP contribution in [0.2, 0.25) is 0 Å². The molecule has 7 heteroatoms. The van der Waals surface area contributed by atoms with Gasteiger partial charge in [0.25, 0.3) is 0 Å². The predicted octanol–water partition coefficient (Wildman–Crippen LogP) is 3.16. The van der Waals surface area contributed by atoms with Gasteiger partial charge in [-0.1, -0.05) is 26.0 Å². The van der Waals surface area contributed by atoms with E-state index in [-0.39, 0.29) is 47.3 Å². The fourth-order valence-electron chi connectivity index (χ4n) is 3.82. The van der Waals surface area contributed by atoms with Crippen molar-refractivity contribution in [2.75, 3.05) is 33.3 Å². The van der Waals surface area contributed by atoms with Crippen molar-refractivity contribution in [3.8, 4) is 5.75 Å². The van der Waals surface area contributed by atoms with Crippen LogP contribution in [0.1, 0.15) is 45.6 Å². The lowest BCUT2D eigenvalue weighted by molar-refractivity contribution is -0.133. The summed E-state index contributed by atoms with van der Waals surface area (Å²) in [7, 11) is 1.69. The Bertz CT molecular complexity index is 701. The van der Waals surface area contributed by atoms with E-state index >= 15 is 0 Å². The van der Waals surface area contributed by atoms with Gasteiger partial charge in [0, 0.05) is 37.0 Å². The number of hydrogen-bond acceptors (Lipinski definition) is 3. The van der Waals surface area contributed by atoms with Gasteiger partial charge in [-0.3, -0.25) is 9.79 Å². The van der Waals surface area contributed by atoms with E-state index in [1.54, 1.807) is 7.11 Å². The zero-order chi connectivity index (χ0) is 20.1. The van der Waals surface area contributed by atoms with Crippen molar-refractivity contribution in [1.82, 2.24) is 15.5 Å². The number of methoxy groups -OCH3 is 1. The van der Waals surface area contributed by atoms with Crippen LogP contribution in [-0.4, -0.2) is 56.1 Å². The highest BCUT2D eigenvalue weighted by Gasteiger charge is 2.44. The number of guanidine groups is 1. The van der Waals surface area contributed by atoms with E-state index in [2.05, 4.69) is 29.7 Å². The molecule has 3 rings (SSSR count). The van der Waals surface area contributed by atoms with Gasteiger partial charge in [0.1, 0.15) is 5.75 Å². The smallest absolute Gasteiger partial charge is 0.225 e. The van der Waals surface area contributed by atoms with Crippen LogP contribution >= 0.6 is 24.0 Å². The molecule has 1 unspecified atom stereocenters. The predicted molar refractivity (Wildman–Crippen MR) is 128 cm³/mol. The van der Waals surface area contributed by atoms with Crippen molar-refractivity contribution in [2.24, 2.45) is 10.9 Å². The Balaban J connectivity index is 0.00000300. The SMILES string of the molecule is CCNC(=NCC1(c2ccc(OC)cc2)CC1)NC1CCN(C(=O)C(C)C)C1.I. The third-order valence-corrected chi connectivity index (χ3v) is 5.77. The number of rotatable bonds is 7. The Morgan fingerprint density at radius 2 is 2.00 bits per heavy atom. The Morgan fingerprint density at radius 1 is 1.31 bits per heavy atom. The van der Waals surface area contributed by atoms with Crippen LogP contribution in [0, 0.1) is 5.92 Å². The highest BCUT2D eigenvalue weighted by Crippen LogP contribution is 2.48. The Hall–Kier alpha value is -1.51. The molecule has 1 heterocycles. The van der Waals surface area contributed by atoms with Crippen LogP contribution in [0.4, 0.5) is 0 Å². The Morgan fingerprint density at radius 3 is 2.55 bits per heavy atom. The largest absolute Gasteiger partial charge is 0.497 e. The lowest BCUT2D eigenvalue weighted by Gasteiger charge is -2.21. The van der Waals surface area contributed by atoms with Crippen molar-refractivity contribution in [3.05, 3.63) is 29.8 Å². The molecule has 1 saturated carbocycles. The van der Waals surface area contributed by atoms with Gasteiger partial charge in [-0.15, -0.1) is 24.0 Å².